The molecule has 3 aromatic rings. The number of pyridine rings is 1. The van der Waals surface area contributed by atoms with Crippen LogP contribution in [0, 0.1) is 6.92 Å². The summed E-state index contributed by atoms with van der Waals surface area (Å²) in [5, 5.41) is 2.23. The molecule has 1 aliphatic rings. The molecule has 1 fully saturated rings. The number of carbonyl (C=O) groups is 1. The van der Waals surface area contributed by atoms with Gasteiger partial charge in [0.2, 0.25) is 5.88 Å². The quantitative estimate of drug-likeness (QED) is 0.623. The summed E-state index contributed by atoms with van der Waals surface area (Å²) in [4.78, 5) is 19.4. The standard InChI is InChI=1S/C21H24N2O3/c1-3-25-21(24)26-20-13(2)19-16-11-15(14-7-5-4-6-8-14)9-10-17(16)23-18(19)12-22-20/h9-12,14,23H,3-8H2,1-2H3. The maximum Gasteiger partial charge on any atom is 0.515 e. The lowest BCUT2D eigenvalue weighted by Gasteiger charge is -2.22. The van der Waals surface area contributed by atoms with Crippen LogP contribution in [0.25, 0.3) is 21.8 Å². The van der Waals surface area contributed by atoms with Gasteiger partial charge in [0.25, 0.3) is 0 Å². The fourth-order valence-electron chi connectivity index (χ4n) is 4.08. The zero-order chi connectivity index (χ0) is 18.1. The second-order valence-corrected chi connectivity index (χ2v) is 7.03. The lowest BCUT2D eigenvalue weighted by molar-refractivity contribution is 0.102. The number of rotatable bonds is 3. The molecule has 5 nitrogen and oxygen atoms in total. The van der Waals surface area contributed by atoms with Crippen molar-refractivity contribution >= 4 is 28.0 Å². The largest absolute Gasteiger partial charge is 0.515 e. The summed E-state index contributed by atoms with van der Waals surface area (Å²) < 4.78 is 10.1. The van der Waals surface area contributed by atoms with Gasteiger partial charge in [-0.3, -0.25) is 0 Å². The van der Waals surface area contributed by atoms with E-state index in [0.29, 0.717) is 11.8 Å². The molecule has 0 saturated heterocycles. The molecule has 136 valence electrons. The normalized spacial score (nSPS) is 15.5. The van der Waals surface area contributed by atoms with Crippen LogP contribution in [0.15, 0.2) is 24.4 Å². The molecule has 0 unspecified atom stereocenters. The maximum absolute atomic E-state index is 11.7. The van der Waals surface area contributed by atoms with Crippen molar-refractivity contribution in [1.29, 1.82) is 0 Å². The summed E-state index contributed by atoms with van der Waals surface area (Å²) in [5.41, 5.74) is 4.29. The molecule has 0 amide bonds. The number of carbonyl (C=O) groups excluding carboxylic acids is 1. The highest BCUT2D eigenvalue weighted by Gasteiger charge is 2.19. The third-order valence-corrected chi connectivity index (χ3v) is 5.38. The van der Waals surface area contributed by atoms with Crippen LogP contribution in [0.2, 0.25) is 0 Å². The number of nitrogens with one attached hydrogen (secondary N) is 1. The number of fused-ring (bicyclic) bond motifs is 3. The van der Waals surface area contributed by atoms with Gasteiger partial charge in [0.15, 0.2) is 0 Å². The first-order chi connectivity index (χ1) is 12.7. The highest BCUT2D eigenvalue weighted by Crippen LogP contribution is 2.37. The Morgan fingerprint density at radius 2 is 2.04 bits per heavy atom. The number of benzene rings is 1. The van der Waals surface area contributed by atoms with Crippen molar-refractivity contribution in [3.05, 3.63) is 35.5 Å². The highest BCUT2D eigenvalue weighted by molar-refractivity contribution is 6.09. The summed E-state index contributed by atoms with van der Waals surface area (Å²) in [6.45, 7) is 3.96. The van der Waals surface area contributed by atoms with Crippen molar-refractivity contribution in [2.45, 2.75) is 51.9 Å². The van der Waals surface area contributed by atoms with Gasteiger partial charge in [0.1, 0.15) is 0 Å². The number of hydrogen-bond acceptors (Lipinski definition) is 4. The second-order valence-electron chi connectivity index (χ2n) is 7.03. The predicted molar refractivity (Wildman–Crippen MR) is 102 cm³/mol. The molecule has 1 N–H and O–H groups in total. The first-order valence-corrected chi connectivity index (χ1v) is 9.43. The molecule has 1 saturated carbocycles. The summed E-state index contributed by atoms with van der Waals surface area (Å²) in [6.07, 6.45) is 7.53. The van der Waals surface area contributed by atoms with E-state index in [1.54, 1.807) is 13.1 Å². The lowest BCUT2D eigenvalue weighted by Crippen LogP contribution is -2.11. The van der Waals surface area contributed by atoms with Crippen LogP contribution >= 0.6 is 0 Å². The molecule has 0 radical (unpaired) electrons. The van der Waals surface area contributed by atoms with Gasteiger partial charge in [0.05, 0.1) is 18.3 Å². The molecule has 1 aromatic carbocycles. The van der Waals surface area contributed by atoms with Crippen molar-refractivity contribution in [3.8, 4) is 5.88 Å². The Hall–Kier alpha value is -2.56. The fraction of sp³-hybridized carbons (Fsp3) is 0.429. The zero-order valence-electron chi connectivity index (χ0n) is 15.3. The highest BCUT2D eigenvalue weighted by atomic mass is 16.7. The van der Waals surface area contributed by atoms with Crippen molar-refractivity contribution in [2.75, 3.05) is 6.61 Å². The Morgan fingerprint density at radius 1 is 1.23 bits per heavy atom. The summed E-state index contributed by atoms with van der Waals surface area (Å²) in [6, 6.07) is 6.70. The first-order valence-electron chi connectivity index (χ1n) is 9.43. The van der Waals surface area contributed by atoms with E-state index in [2.05, 4.69) is 28.2 Å². The van der Waals surface area contributed by atoms with Crippen molar-refractivity contribution in [1.82, 2.24) is 9.97 Å². The zero-order valence-corrected chi connectivity index (χ0v) is 15.3. The Morgan fingerprint density at radius 3 is 2.81 bits per heavy atom. The molecule has 0 atom stereocenters. The van der Waals surface area contributed by atoms with Gasteiger partial charge in [0, 0.05) is 21.9 Å². The van der Waals surface area contributed by atoms with Gasteiger partial charge in [-0.25, -0.2) is 9.78 Å². The van der Waals surface area contributed by atoms with Gasteiger partial charge in [-0.05, 0) is 50.3 Å². The monoisotopic (exact) mass is 352 g/mol. The summed E-state index contributed by atoms with van der Waals surface area (Å²) in [7, 11) is 0. The third kappa shape index (κ3) is 3.02. The van der Waals surface area contributed by atoms with Crippen LogP contribution in [0.5, 0.6) is 5.88 Å². The van der Waals surface area contributed by atoms with Gasteiger partial charge in [-0.1, -0.05) is 25.3 Å². The lowest BCUT2D eigenvalue weighted by atomic mass is 9.83. The van der Waals surface area contributed by atoms with Crippen molar-refractivity contribution in [3.63, 3.8) is 0 Å². The van der Waals surface area contributed by atoms with Crippen LogP contribution in [-0.4, -0.2) is 22.7 Å². The van der Waals surface area contributed by atoms with E-state index in [4.69, 9.17) is 9.47 Å². The number of aromatic nitrogens is 2. The molecule has 26 heavy (non-hydrogen) atoms. The average molecular weight is 352 g/mol. The van der Waals surface area contributed by atoms with E-state index in [1.165, 1.54) is 37.7 Å². The second kappa shape index (κ2) is 6.98. The predicted octanol–water partition coefficient (Wildman–Crippen LogP) is 5.61. The van der Waals surface area contributed by atoms with Crippen LogP contribution in [0.3, 0.4) is 0 Å². The number of H-pyrrole nitrogens is 1. The van der Waals surface area contributed by atoms with E-state index < -0.39 is 6.16 Å². The van der Waals surface area contributed by atoms with Crippen LogP contribution in [-0.2, 0) is 4.74 Å². The van der Waals surface area contributed by atoms with Crippen LogP contribution in [0.4, 0.5) is 4.79 Å². The number of aromatic amines is 1. The molecular formula is C21H24N2O3. The number of hydrogen-bond donors (Lipinski definition) is 1. The Kier molecular flexibility index (Phi) is 4.53. The number of nitrogens with zero attached hydrogens (tertiary/aromatic N) is 1. The Labute approximate surface area is 152 Å². The van der Waals surface area contributed by atoms with Gasteiger partial charge < -0.3 is 14.5 Å². The summed E-state index contributed by atoms with van der Waals surface area (Å²) >= 11 is 0. The third-order valence-electron chi connectivity index (χ3n) is 5.38. The SMILES string of the molecule is CCOC(=O)Oc1ncc2[nH]c3ccc(C4CCCCC4)cc3c2c1C. The minimum atomic E-state index is -0.717. The molecule has 5 heteroatoms. The van der Waals surface area contributed by atoms with E-state index >= 15 is 0 Å². The van der Waals surface area contributed by atoms with Gasteiger partial charge in [-0.15, -0.1) is 0 Å². The van der Waals surface area contributed by atoms with E-state index in [1.807, 2.05) is 6.92 Å². The molecule has 4 rings (SSSR count). The number of aryl methyl sites for hydroxylation is 1. The van der Waals surface area contributed by atoms with Gasteiger partial charge >= 0.3 is 6.16 Å². The minimum Gasteiger partial charge on any atom is -0.434 e. The maximum atomic E-state index is 11.7. The van der Waals surface area contributed by atoms with Crippen LogP contribution in [0.1, 0.15) is 56.1 Å². The average Bonchev–Trinajstić information content (AvgIpc) is 3.03. The fourth-order valence-corrected chi connectivity index (χ4v) is 4.08. The van der Waals surface area contributed by atoms with Crippen molar-refractivity contribution in [2.24, 2.45) is 0 Å². The number of ether oxygens (including phenoxy) is 2. The Balaban J connectivity index is 1.78. The first kappa shape index (κ1) is 16.9. The molecule has 1 aliphatic carbocycles. The molecule has 0 spiro atoms. The molecule has 2 aromatic heterocycles. The molecule has 0 aliphatic heterocycles. The minimum absolute atomic E-state index is 0.276. The van der Waals surface area contributed by atoms with E-state index in [9.17, 15) is 4.79 Å². The Bertz CT molecular complexity index is 955. The van der Waals surface area contributed by atoms with Crippen molar-refractivity contribution < 1.29 is 14.3 Å². The van der Waals surface area contributed by atoms with Crippen LogP contribution < -0.4 is 4.74 Å². The summed E-state index contributed by atoms with van der Waals surface area (Å²) in [5.74, 6) is 0.954. The molecular weight excluding hydrogens is 328 g/mol. The van der Waals surface area contributed by atoms with E-state index in [0.717, 1.165) is 27.4 Å². The smallest absolute Gasteiger partial charge is 0.434 e. The van der Waals surface area contributed by atoms with Gasteiger partial charge in [-0.2, -0.15) is 0 Å². The molecule has 2 heterocycles. The molecule has 0 bridgehead atoms. The topological polar surface area (TPSA) is 64.2 Å². The van der Waals surface area contributed by atoms with E-state index in [-0.39, 0.29) is 6.61 Å².